The molecule has 0 saturated heterocycles. The molecule has 0 bridgehead atoms. The predicted octanol–water partition coefficient (Wildman–Crippen LogP) is 1.77. The van der Waals surface area contributed by atoms with Crippen LogP contribution in [0.3, 0.4) is 0 Å². The number of thiazole rings is 1. The number of carbonyl (C=O) groups is 1. The fourth-order valence-corrected chi connectivity index (χ4v) is 2.12. The first-order valence-electron chi connectivity index (χ1n) is 4.54. The number of fused-ring (bicyclic) bond motifs is 1. The van der Waals surface area contributed by atoms with Gasteiger partial charge in [-0.25, -0.2) is 9.37 Å². The van der Waals surface area contributed by atoms with Crippen LogP contribution in [0.5, 0.6) is 0 Å². The van der Waals surface area contributed by atoms with Gasteiger partial charge in [0.1, 0.15) is 12.5 Å². The number of nitrogens with zero attached hydrogens (tertiary/aromatic N) is 1. The lowest BCUT2D eigenvalue weighted by atomic mass is 10.3. The van der Waals surface area contributed by atoms with Gasteiger partial charge in [-0.3, -0.25) is 4.79 Å². The number of hydrogen-bond acceptors (Lipinski definition) is 4. The summed E-state index contributed by atoms with van der Waals surface area (Å²) in [6.45, 7) is 0.128. The van der Waals surface area contributed by atoms with Gasteiger partial charge in [-0.15, -0.1) is 11.3 Å². The van der Waals surface area contributed by atoms with Crippen molar-refractivity contribution in [2.24, 2.45) is 0 Å². The quantitative estimate of drug-likeness (QED) is 0.832. The number of methoxy groups -OCH3 is 1. The average Bonchev–Trinajstić information content (AvgIpc) is 2.68. The molecule has 0 aliphatic rings. The molecule has 1 aromatic carbocycles. The maximum absolute atomic E-state index is 12.9. The van der Waals surface area contributed by atoms with Crippen LogP contribution < -0.4 is 5.32 Å². The molecular weight excluding hydrogens is 231 g/mol. The second-order valence-electron chi connectivity index (χ2n) is 3.07. The number of benzene rings is 1. The Labute approximate surface area is 95.1 Å². The van der Waals surface area contributed by atoms with Crippen molar-refractivity contribution >= 4 is 27.5 Å². The second-order valence-corrected chi connectivity index (χ2v) is 4.10. The van der Waals surface area contributed by atoms with E-state index in [1.807, 2.05) is 0 Å². The zero-order chi connectivity index (χ0) is 11.5. The van der Waals surface area contributed by atoms with E-state index < -0.39 is 0 Å². The number of hydrogen-bond donors (Lipinski definition) is 1. The third-order valence-electron chi connectivity index (χ3n) is 1.92. The minimum absolute atomic E-state index is 0.128. The van der Waals surface area contributed by atoms with Gasteiger partial charge in [-0.05, 0) is 18.2 Å². The second kappa shape index (κ2) is 4.54. The summed E-state index contributed by atoms with van der Waals surface area (Å²) in [5.41, 5.74) is 0.619. The number of amides is 1. The Morgan fingerprint density at radius 3 is 3.19 bits per heavy atom. The third kappa shape index (κ3) is 2.17. The summed E-state index contributed by atoms with van der Waals surface area (Å²) in [6, 6.07) is 4.23. The van der Waals surface area contributed by atoms with Crippen LogP contribution in [-0.4, -0.2) is 24.7 Å². The maximum Gasteiger partial charge on any atom is 0.282 e. The van der Waals surface area contributed by atoms with Crippen molar-refractivity contribution in [3.63, 3.8) is 0 Å². The Morgan fingerprint density at radius 2 is 2.44 bits per heavy atom. The zero-order valence-electron chi connectivity index (χ0n) is 8.49. The molecule has 4 nitrogen and oxygen atoms in total. The van der Waals surface area contributed by atoms with Crippen LogP contribution in [0.4, 0.5) is 4.39 Å². The van der Waals surface area contributed by atoms with Crippen molar-refractivity contribution < 1.29 is 13.9 Å². The van der Waals surface area contributed by atoms with Gasteiger partial charge < -0.3 is 10.1 Å². The van der Waals surface area contributed by atoms with Gasteiger partial charge in [0.25, 0.3) is 5.91 Å². The van der Waals surface area contributed by atoms with E-state index in [4.69, 9.17) is 4.74 Å². The molecule has 0 radical (unpaired) electrons. The van der Waals surface area contributed by atoms with E-state index in [-0.39, 0.29) is 18.5 Å². The third-order valence-corrected chi connectivity index (χ3v) is 2.94. The highest BCUT2D eigenvalue weighted by Gasteiger charge is 2.11. The summed E-state index contributed by atoms with van der Waals surface area (Å²) in [4.78, 5) is 15.6. The van der Waals surface area contributed by atoms with Crippen LogP contribution in [0.15, 0.2) is 18.2 Å². The van der Waals surface area contributed by atoms with Gasteiger partial charge in [0.05, 0.1) is 10.2 Å². The SMILES string of the molecule is COCNC(=O)c1nc2ccc(F)cc2s1. The summed E-state index contributed by atoms with van der Waals surface area (Å²) >= 11 is 1.15. The van der Waals surface area contributed by atoms with Crippen LogP contribution in [0, 0.1) is 5.82 Å². The molecule has 2 aromatic rings. The molecule has 84 valence electrons. The maximum atomic E-state index is 12.9. The molecule has 0 aliphatic heterocycles. The molecule has 1 heterocycles. The fraction of sp³-hybridized carbons (Fsp3) is 0.200. The van der Waals surface area contributed by atoms with E-state index in [0.717, 1.165) is 11.3 Å². The van der Waals surface area contributed by atoms with E-state index in [1.165, 1.54) is 19.2 Å². The van der Waals surface area contributed by atoms with E-state index in [1.54, 1.807) is 6.07 Å². The van der Waals surface area contributed by atoms with Crippen molar-refractivity contribution in [3.05, 3.63) is 29.0 Å². The molecule has 16 heavy (non-hydrogen) atoms. The molecule has 0 aliphatic carbocycles. The summed E-state index contributed by atoms with van der Waals surface area (Å²) in [5.74, 6) is -0.650. The average molecular weight is 240 g/mol. The molecule has 0 unspecified atom stereocenters. The lowest BCUT2D eigenvalue weighted by molar-refractivity contribution is 0.0872. The molecule has 1 amide bonds. The molecule has 1 aromatic heterocycles. The molecule has 2 rings (SSSR count). The summed E-state index contributed by atoms with van der Waals surface area (Å²) < 4.78 is 18.3. The molecule has 0 fully saturated rings. The highest BCUT2D eigenvalue weighted by Crippen LogP contribution is 2.22. The Bertz CT molecular complexity index is 527. The Hall–Kier alpha value is -1.53. The van der Waals surface area contributed by atoms with Gasteiger partial charge in [0.15, 0.2) is 5.01 Å². The van der Waals surface area contributed by atoms with Crippen LogP contribution >= 0.6 is 11.3 Å². The molecule has 0 atom stereocenters. The van der Waals surface area contributed by atoms with Crippen molar-refractivity contribution in [2.45, 2.75) is 0 Å². The molecule has 1 N–H and O–H groups in total. The summed E-state index contributed by atoms with van der Waals surface area (Å²) in [6.07, 6.45) is 0. The van der Waals surface area contributed by atoms with E-state index in [2.05, 4.69) is 10.3 Å². The van der Waals surface area contributed by atoms with Crippen molar-refractivity contribution in [3.8, 4) is 0 Å². The minimum atomic E-state index is -0.333. The van der Waals surface area contributed by atoms with Crippen molar-refractivity contribution in [1.29, 1.82) is 0 Å². The summed E-state index contributed by atoms with van der Waals surface area (Å²) in [7, 11) is 1.48. The largest absolute Gasteiger partial charge is 0.364 e. The normalized spacial score (nSPS) is 10.6. The molecule has 6 heteroatoms. The first kappa shape index (κ1) is 11.0. The number of nitrogens with one attached hydrogen (secondary N) is 1. The number of aromatic nitrogens is 1. The number of carbonyl (C=O) groups excluding carboxylic acids is 1. The molecular formula is C10H9FN2O2S. The van der Waals surface area contributed by atoms with E-state index in [9.17, 15) is 9.18 Å². The topological polar surface area (TPSA) is 51.2 Å². The van der Waals surface area contributed by atoms with Gasteiger partial charge in [0, 0.05) is 7.11 Å². The number of rotatable bonds is 3. The number of ether oxygens (including phenoxy) is 1. The predicted molar refractivity (Wildman–Crippen MR) is 58.9 cm³/mol. The van der Waals surface area contributed by atoms with E-state index >= 15 is 0 Å². The van der Waals surface area contributed by atoms with Gasteiger partial charge in [0.2, 0.25) is 0 Å². The Balaban J connectivity index is 2.28. The highest BCUT2D eigenvalue weighted by atomic mass is 32.1. The molecule has 0 spiro atoms. The smallest absolute Gasteiger partial charge is 0.282 e. The first-order chi connectivity index (χ1) is 7.70. The van der Waals surface area contributed by atoms with Crippen LogP contribution in [0.25, 0.3) is 10.2 Å². The van der Waals surface area contributed by atoms with Gasteiger partial charge in [-0.2, -0.15) is 0 Å². The highest BCUT2D eigenvalue weighted by molar-refractivity contribution is 7.20. The number of halogens is 1. The van der Waals surface area contributed by atoms with Crippen LogP contribution in [0.1, 0.15) is 9.80 Å². The van der Waals surface area contributed by atoms with Crippen molar-refractivity contribution in [2.75, 3.05) is 13.8 Å². The zero-order valence-corrected chi connectivity index (χ0v) is 9.31. The Morgan fingerprint density at radius 1 is 1.62 bits per heavy atom. The monoisotopic (exact) mass is 240 g/mol. The van der Waals surface area contributed by atoms with Crippen molar-refractivity contribution in [1.82, 2.24) is 10.3 Å². The molecule has 0 saturated carbocycles. The minimum Gasteiger partial charge on any atom is -0.364 e. The first-order valence-corrected chi connectivity index (χ1v) is 5.35. The van der Waals surface area contributed by atoms with E-state index in [0.29, 0.717) is 15.2 Å². The lowest BCUT2D eigenvalue weighted by Crippen LogP contribution is -2.25. The van der Waals surface area contributed by atoms with Gasteiger partial charge in [-0.1, -0.05) is 0 Å². The van der Waals surface area contributed by atoms with Crippen LogP contribution in [0.2, 0.25) is 0 Å². The standard InChI is InChI=1S/C10H9FN2O2S/c1-15-5-12-9(14)10-13-7-3-2-6(11)4-8(7)16-10/h2-4H,5H2,1H3,(H,12,14). The fourth-order valence-electron chi connectivity index (χ4n) is 1.21. The summed E-state index contributed by atoms with van der Waals surface area (Å²) in [5, 5.41) is 2.82. The van der Waals surface area contributed by atoms with Gasteiger partial charge >= 0.3 is 0 Å². The Kier molecular flexibility index (Phi) is 3.12. The lowest BCUT2D eigenvalue weighted by Gasteiger charge is -1.98. The van der Waals surface area contributed by atoms with Crippen LogP contribution in [-0.2, 0) is 4.74 Å².